The summed E-state index contributed by atoms with van der Waals surface area (Å²) < 4.78 is 0. The molecule has 1 unspecified atom stereocenters. The molecule has 2 aromatic rings. The maximum absolute atomic E-state index is 12.3. The molecule has 0 saturated carbocycles. The zero-order valence-electron chi connectivity index (χ0n) is 14.8. The molecule has 0 spiro atoms. The third-order valence-corrected chi connectivity index (χ3v) is 5.17. The van der Waals surface area contributed by atoms with E-state index < -0.39 is 0 Å². The summed E-state index contributed by atoms with van der Waals surface area (Å²) in [5.74, 6) is 0.0988. The fourth-order valence-corrected chi connectivity index (χ4v) is 3.65. The van der Waals surface area contributed by atoms with Crippen molar-refractivity contribution in [1.82, 2.24) is 10.3 Å². The second kappa shape index (κ2) is 8.76. The largest absolute Gasteiger partial charge is 0.356 e. The van der Waals surface area contributed by atoms with E-state index in [-0.39, 0.29) is 17.7 Å². The number of carbonyl (C=O) groups is 2. The van der Waals surface area contributed by atoms with Crippen LogP contribution >= 0.6 is 11.3 Å². The Morgan fingerprint density at radius 1 is 1.23 bits per heavy atom. The van der Waals surface area contributed by atoms with Crippen LogP contribution in [0, 0.1) is 5.92 Å². The Labute approximate surface area is 157 Å². The summed E-state index contributed by atoms with van der Waals surface area (Å²) >= 11 is 1.45. The molecule has 2 N–H and O–H groups in total. The first-order valence-electron chi connectivity index (χ1n) is 8.87. The number of allylic oxidation sites excluding steroid dienone is 2. The Hall–Kier alpha value is -2.47. The van der Waals surface area contributed by atoms with E-state index in [9.17, 15) is 9.59 Å². The van der Waals surface area contributed by atoms with Gasteiger partial charge in [-0.25, -0.2) is 4.98 Å². The molecule has 1 aliphatic carbocycles. The number of carbonyl (C=O) groups excluding carboxylic acids is 2. The van der Waals surface area contributed by atoms with Gasteiger partial charge >= 0.3 is 0 Å². The minimum absolute atomic E-state index is 0.0112. The number of rotatable bonds is 6. The number of hydrogen-bond acceptors (Lipinski definition) is 4. The summed E-state index contributed by atoms with van der Waals surface area (Å²) in [6.07, 6.45) is 7.69. The Balaban J connectivity index is 1.57. The molecule has 3 rings (SSSR count). The summed E-state index contributed by atoms with van der Waals surface area (Å²) in [4.78, 5) is 27.7. The molecule has 2 amide bonds. The van der Waals surface area contributed by atoms with Crippen molar-refractivity contribution >= 4 is 28.3 Å². The molecule has 0 bridgehead atoms. The van der Waals surface area contributed by atoms with E-state index in [0.717, 1.165) is 42.5 Å². The molecule has 1 aliphatic rings. The van der Waals surface area contributed by atoms with E-state index in [1.54, 1.807) is 0 Å². The van der Waals surface area contributed by atoms with Gasteiger partial charge in [0.2, 0.25) is 11.8 Å². The van der Waals surface area contributed by atoms with Crippen molar-refractivity contribution in [3.63, 3.8) is 0 Å². The number of nitrogens with zero attached hydrogens (tertiary/aromatic N) is 1. The van der Waals surface area contributed by atoms with Crippen LogP contribution in [-0.4, -0.2) is 23.3 Å². The van der Waals surface area contributed by atoms with Gasteiger partial charge in [-0.05, 0) is 31.2 Å². The maximum atomic E-state index is 12.3. The van der Waals surface area contributed by atoms with Gasteiger partial charge in [-0.1, -0.05) is 36.4 Å². The fraction of sp³-hybridized carbons (Fsp3) is 0.350. The normalized spacial score (nSPS) is 16.3. The predicted octanol–water partition coefficient (Wildman–Crippen LogP) is 3.78. The number of nitrogens with one attached hydrogen (secondary N) is 2. The number of aromatic nitrogens is 1. The van der Waals surface area contributed by atoms with Crippen LogP contribution in [0.2, 0.25) is 0 Å². The molecule has 1 heterocycles. The topological polar surface area (TPSA) is 71.1 Å². The lowest BCUT2D eigenvalue weighted by atomic mass is 9.94. The van der Waals surface area contributed by atoms with Crippen LogP contribution in [0.5, 0.6) is 0 Å². The SMILES string of the molecule is CC(=O)NCCc1ccc(-c2csc(NC(=O)C3CC=CCC3)n2)cc1. The van der Waals surface area contributed by atoms with Crippen LogP contribution in [0.25, 0.3) is 11.3 Å². The van der Waals surface area contributed by atoms with Gasteiger partial charge in [-0.3, -0.25) is 9.59 Å². The number of benzene rings is 1. The predicted molar refractivity (Wildman–Crippen MR) is 105 cm³/mol. The van der Waals surface area contributed by atoms with Gasteiger partial charge in [-0.15, -0.1) is 11.3 Å². The Morgan fingerprint density at radius 3 is 2.73 bits per heavy atom. The highest BCUT2D eigenvalue weighted by Gasteiger charge is 2.19. The number of amides is 2. The summed E-state index contributed by atoms with van der Waals surface area (Å²) in [6.45, 7) is 2.16. The summed E-state index contributed by atoms with van der Waals surface area (Å²) in [5, 5.41) is 8.35. The van der Waals surface area contributed by atoms with Crippen molar-refractivity contribution in [2.75, 3.05) is 11.9 Å². The standard InChI is InChI=1S/C20H23N3O2S/c1-14(24)21-12-11-15-7-9-16(10-8-15)18-13-26-20(22-18)23-19(25)17-5-3-2-4-6-17/h2-3,7-10,13,17H,4-6,11-12H2,1H3,(H,21,24)(H,22,23,25). The van der Waals surface area contributed by atoms with E-state index >= 15 is 0 Å². The molecule has 6 heteroatoms. The van der Waals surface area contributed by atoms with Crippen LogP contribution in [0.3, 0.4) is 0 Å². The minimum Gasteiger partial charge on any atom is -0.356 e. The molecule has 0 aliphatic heterocycles. The van der Waals surface area contributed by atoms with E-state index in [1.165, 1.54) is 18.3 Å². The second-order valence-corrected chi connectivity index (χ2v) is 7.30. The highest BCUT2D eigenvalue weighted by atomic mass is 32.1. The van der Waals surface area contributed by atoms with Crippen molar-refractivity contribution in [3.05, 3.63) is 47.4 Å². The van der Waals surface area contributed by atoms with E-state index in [4.69, 9.17) is 0 Å². The van der Waals surface area contributed by atoms with E-state index in [0.29, 0.717) is 11.7 Å². The monoisotopic (exact) mass is 369 g/mol. The summed E-state index contributed by atoms with van der Waals surface area (Å²) in [6, 6.07) is 8.14. The van der Waals surface area contributed by atoms with E-state index in [1.807, 2.05) is 29.6 Å². The zero-order chi connectivity index (χ0) is 18.4. The number of thiazole rings is 1. The number of anilines is 1. The van der Waals surface area contributed by atoms with Crippen LogP contribution in [0.1, 0.15) is 31.7 Å². The molecule has 0 fully saturated rings. The summed E-state index contributed by atoms with van der Waals surface area (Å²) in [5.41, 5.74) is 3.05. The van der Waals surface area contributed by atoms with Gasteiger partial charge in [0.15, 0.2) is 5.13 Å². The Morgan fingerprint density at radius 2 is 2.04 bits per heavy atom. The van der Waals surface area contributed by atoms with Crippen LogP contribution in [0.4, 0.5) is 5.13 Å². The third kappa shape index (κ3) is 5.02. The van der Waals surface area contributed by atoms with Gasteiger partial charge in [0, 0.05) is 30.3 Å². The van der Waals surface area contributed by atoms with Crippen LogP contribution in [0.15, 0.2) is 41.8 Å². The lowest BCUT2D eigenvalue weighted by Gasteiger charge is -2.15. The molecule has 5 nitrogen and oxygen atoms in total. The second-order valence-electron chi connectivity index (χ2n) is 6.44. The van der Waals surface area contributed by atoms with Gasteiger partial charge in [-0.2, -0.15) is 0 Å². The Kier molecular flexibility index (Phi) is 6.17. The number of hydrogen-bond donors (Lipinski definition) is 2. The van der Waals surface area contributed by atoms with Crippen LogP contribution in [-0.2, 0) is 16.0 Å². The van der Waals surface area contributed by atoms with Gasteiger partial charge in [0.1, 0.15) is 0 Å². The van der Waals surface area contributed by atoms with Gasteiger partial charge < -0.3 is 10.6 Å². The van der Waals surface area contributed by atoms with E-state index in [2.05, 4.69) is 27.8 Å². The first-order chi connectivity index (χ1) is 12.6. The molecule has 136 valence electrons. The fourth-order valence-electron chi connectivity index (χ4n) is 2.93. The summed E-state index contributed by atoms with van der Waals surface area (Å²) in [7, 11) is 0. The highest BCUT2D eigenvalue weighted by molar-refractivity contribution is 7.14. The molecule has 1 aromatic carbocycles. The lowest BCUT2D eigenvalue weighted by Crippen LogP contribution is -2.23. The van der Waals surface area contributed by atoms with Gasteiger partial charge in [0.25, 0.3) is 0 Å². The zero-order valence-corrected chi connectivity index (χ0v) is 15.6. The molecular formula is C20H23N3O2S. The van der Waals surface area contributed by atoms with Gasteiger partial charge in [0.05, 0.1) is 5.69 Å². The lowest BCUT2D eigenvalue weighted by molar-refractivity contribution is -0.120. The van der Waals surface area contributed by atoms with Crippen molar-refractivity contribution in [2.45, 2.75) is 32.6 Å². The molecule has 26 heavy (non-hydrogen) atoms. The van der Waals surface area contributed by atoms with Crippen molar-refractivity contribution < 1.29 is 9.59 Å². The van der Waals surface area contributed by atoms with Crippen molar-refractivity contribution in [2.24, 2.45) is 5.92 Å². The molecule has 0 saturated heterocycles. The van der Waals surface area contributed by atoms with Crippen LogP contribution < -0.4 is 10.6 Å². The van der Waals surface area contributed by atoms with Crippen molar-refractivity contribution in [3.8, 4) is 11.3 Å². The minimum atomic E-state index is -0.0112. The average Bonchev–Trinajstić information content (AvgIpc) is 3.11. The molecular weight excluding hydrogens is 346 g/mol. The third-order valence-electron chi connectivity index (χ3n) is 4.41. The smallest absolute Gasteiger partial charge is 0.229 e. The highest BCUT2D eigenvalue weighted by Crippen LogP contribution is 2.27. The molecule has 0 radical (unpaired) electrons. The average molecular weight is 369 g/mol. The molecule has 1 atom stereocenters. The molecule has 1 aromatic heterocycles. The first kappa shape index (κ1) is 18.3. The first-order valence-corrected chi connectivity index (χ1v) is 9.75. The maximum Gasteiger partial charge on any atom is 0.229 e. The quantitative estimate of drug-likeness (QED) is 0.761. The van der Waals surface area contributed by atoms with Crippen molar-refractivity contribution in [1.29, 1.82) is 0 Å². The Bertz CT molecular complexity index is 796.